The lowest BCUT2D eigenvalue weighted by atomic mass is 10.1. The molecule has 18 heteroatoms. The molecule has 4 N–H and O–H groups in total. The van der Waals surface area contributed by atoms with Gasteiger partial charge in [0.2, 0.25) is 17.4 Å². The van der Waals surface area contributed by atoms with Crippen molar-refractivity contribution in [2.24, 2.45) is 0 Å². The Labute approximate surface area is 206 Å². The molecule has 0 fully saturated rings. The SMILES string of the molecule is Nc1cc(Oc2c(F)c(F)c(C(F)(F)F)c(Oc3cc(N)c(C(F)(F)F)c(F)c3)c2F)cc(F)c1C(F)(F)F. The number of alkyl halides is 9. The van der Waals surface area contributed by atoms with Gasteiger partial charge in [-0.3, -0.25) is 0 Å². The molecule has 0 spiro atoms. The molecule has 3 aromatic carbocycles. The van der Waals surface area contributed by atoms with Crippen LogP contribution in [0.25, 0.3) is 0 Å². The van der Waals surface area contributed by atoms with Crippen molar-refractivity contribution in [1.29, 1.82) is 0 Å². The van der Waals surface area contributed by atoms with Gasteiger partial charge in [-0.15, -0.1) is 0 Å². The summed E-state index contributed by atoms with van der Waals surface area (Å²) in [6, 6.07) is -0.112. The zero-order valence-electron chi connectivity index (χ0n) is 18.1. The van der Waals surface area contributed by atoms with E-state index in [-0.39, 0.29) is 24.3 Å². The van der Waals surface area contributed by atoms with E-state index in [1.807, 2.05) is 0 Å². The topological polar surface area (TPSA) is 70.5 Å². The van der Waals surface area contributed by atoms with E-state index in [0.29, 0.717) is 0 Å². The molecular weight excluding hydrogens is 578 g/mol. The van der Waals surface area contributed by atoms with Crippen LogP contribution in [-0.4, -0.2) is 0 Å². The molecule has 0 radical (unpaired) electrons. The standard InChI is InChI=1S/C21H8F14N2O2/c22-7-1-5(3-9(36)11(7)19(27,28)29)38-17-13(21(33,34)35)14(24)15(25)18(16(17)26)39-6-2-8(23)12(10(37)4-6)20(30,31)32/h1-4H,36-37H2. The van der Waals surface area contributed by atoms with E-state index in [0.717, 1.165) is 0 Å². The fourth-order valence-corrected chi connectivity index (χ4v) is 3.21. The summed E-state index contributed by atoms with van der Waals surface area (Å²) in [4.78, 5) is 0. The van der Waals surface area contributed by atoms with Gasteiger partial charge < -0.3 is 20.9 Å². The largest absolute Gasteiger partial charge is 0.453 e. The summed E-state index contributed by atoms with van der Waals surface area (Å²) in [7, 11) is 0. The first-order valence-electron chi connectivity index (χ1n) is 9.60. The van der Waals surface area contributed by atoms with Crippen LogP contribution in [0.4, 0.5) is 72.8 Å². The van der Waals surface area contributed by atoms with E-state index >= 15 is 4.39 Å². The highest BCUT2D eigenvalue weighted by atomic mass is 19.4. The quantitative estimate of drug-likeness (QED) is 0.184. The van der Waals surface area contributed by atoms with Gasteiger partial charge in [-0.25, -0.2) is 13.2 Å². The zero-order valence-corrected chi connectivity index (χ0v) is 18.1. The Bertz CT molecular complexity index is 1400. The molecule has 39 heavy (non-hydrogen) atoms. The number of rotatable bonds is 4. The van der Waals surface area contributed by atoms with Gasteiger partial charge in [0.25, 0.3) is 0 Å². The van der Waals surface area contributed by atoms with Gasteiger partial charge in [-0.1, -0.05) is 0 Å². The second kappa shape index (κ2) is 9.57. The van der Waals surface area contributed by atoms with Crippen LogP contribution in [0.3, 0.4) is 0 Å². The van der Waals surface area contributed by atoms with Gasteiger partial charge in [0, 0.05) is 24.3 Å². The first kappa shape index (κ1) is 29.4. The molecule has 0 bridgehead atoms. The van der Waals surface area contributed by atoms with E-state index in [2.05, 4.69) is 9.47 Å². The van der Waals surface area contributed by atoms with Crippen LogP contribution in [0.1, 0.15) is 16.7 Å². The number of hydrogen-bond donors (Lipinski definition) is 2. The Kier molecular flexibility index (Phi) is 7.22. The number of ether oxygens (including phenoxy) is 2. The Balaban J connectivity index is 2.21. The van der Waals surface area contributed by atoms with Gasteiger partial charge in [0.05, 0.1) is 11.4 Å². The van der Waals surface area contributed by atoms with Crippen molar-refractivity contribution in [2.45, 2.75) is 18.5 Å². The number of nitrogen functional groups attached to an aromatic ring is 2. The number of nitrogens with two attached hydrogens (primary N) is 2. The second-order valence-corrected chi connectivity index (χ2v) is 7.41. The average molecular weight is 586 g/mol. The second-order valence-electron chi connectivity index (χ2n) is 7.41. The fourth-order valence-electron chi connectivity index (χ4n) is 3.21. The highest BCUT2D eigenvalue weighted by Gasteiger charge is 2.44. The van der Waals surface area contributed by atoms with Gasteiger partial charge in [-0.05, 0) is 0 Å². The molecular formula is C21H8F14N2O2. The minimum Gasteiger partial charge on any atom is -0.453 e. The normalized spacial score (nSPS) is 12.6. The summed E-state index contributed by atoms with van der Waals surface area (Å²) in [6.07, 6.45) is -16.7. The smallest absolute Gasteiger partial charge is 0.423 e. The molecule has 0 amide bonds. The van der Waals surface area contributed by atoms with Crippen molar-refractivity contribution in [3.05, 3.63) is 70.0 Å². The Hall–Kier alpha value is -4.12. The van der Waals surface area contributed by atoms with Gasteiger partial charge in [0.15, 0.2) is 11.6 Å². The predicted molar refractivity (Wildman–Crippen MR) is 103 cm³/mol. The maximum absolute atomic E-state index is 15.0. The van der Waals surface area contributed by atoms with E-state index in [9.17, 15) is 57.1 Å². The summed E-state index contributed by atoms with van der Waals surface area (Å²) >= 11 is 0. The molecule has 0 aromatic heterocycles. The van der Waals surface area contributed by atoms with Crippen molar-refractivity contribution in [3.63, 3.8) is 0 Å². The monoisotopic (exact) mass is 586 g/mol. The predicted octanol–water partition coefficient (Wildman–Crippen LogP) is 8.19. The van der Waals surface area contributed by atoms with Gasteiger partial charge in [-0.2, -0.15) is 48.3 Å². The van der Waals surface area contributed by atoms with E-state index in [1.54, 1.807) is 0 Å². The minimum absolute atomic E-state index is 0.0826. The van der Waals surface area contributed by atoms with Crippen LogP contribution in [-0.2, 0) is 18.5 Å². The van der Waals surface area contributed by atoms with Crippen LogP contribution >= 0.6 is 0 Å². The van der Waals surface area contributed by atoms with Crippen molar-refractivity contribution in [1.82, 2.24) is 0 Å². The van der Waals surface area contributed by atoms with Gasteiger partial charge in [0.1, 0.15) is 39.8 Å². The maximum Gasteiger partial charge on any atom is 0.423 e. The zero-order chi connectivity index (χ0) is 29.8. The lowest BCUT2D eigenvalue weighted by molar-refractivity contribution is -0.142. The van der Waals surface area contributed by atoms with Crippen LogP contribution in [0.5, 0.6) is 23.0 Å². The highest BCUT2D eigenvalue weighted by molar-refractivity contribution is 5.57. The first-order chi connectivity index (χ1) is 17.6. The molecule has 0 saturated carbocycles. The molecule has 212 valence electrons. The van der Waals surface area contributed by atoms with Crippen LogP contribution in [0.15, 0.2) is 24.3 Å². The van der Waals surface area contributed by atoms with Crippen molar-refractivity contribution in [2.75, 3.05) is 11.5 Å². The fraction of sp³-hybridized carbons (Fsp3) is 0.143. The molecule has 0 saturated heterocycles. The van der Waals surface area contributed by atoms with Gasteiger partial charge >= 0.3 is 18.5 Å². The molecule has 4 nitrogen and oxygen atoms in total. The third-order valence-corrected chi connectivity index (χ3v) is 4.72. The van der Waals surface area contributed by atoms with E-state index in [4.69, 9.17) is 11.5 Å². The number of benzene rings is 3. The average Bonchev–Trinajstić information content (AvgIpc) is 2.71. The molecule has 3 rings (SSSR count). The highest BCUT2D eigenvalue weighted by Crippen LogP contribution is 2.48. The summed E-state index contributed by atoms with van der Waals surface area (Å²) < 4.78 is 198. The minimum atomic E-state index is -5.96. The van der Waals surface area contributed by atoms with E-state index in [1.165, 1.54) is 0 Å². The summed E-state index contributed by atoms with van der Waals surface area (Å²) in [5.74, 6) is -19.6. The lowest BCUT2D eigenvalue weighted by Crippen LogP contribution is -2.15. The summed E-state index contributed by atoms with van der Waals surface area (Å²) in [6.45, 7) is 0. The molecule has 0 unspecified atom stereocenters. The number of hydrogen-bond acceptors (Lipinski definition) is 4. The molecule has 0 heterocycles. The Morgan fingerprint density at radius 3 is 1.15 bits per heavy atom. The Morgan fingerprint density at radius 2 is 0.821 bits per heavy atom. The summed E-state index contributed by atoms with van der Waals surface area (Å²) in [5.41, 5.74) is 0.287. The Morgan fingerprint density at radius 1 is 0.462 bits per heavy atom. The molecule has 0 aliphatic rings. The van der Waals surface area contributed by atoms with Crippen molar-refractivity contribution < 1.29 is 70.9 Å². The molecule has 3 aromatic rings. The third kappa shape index (κ3) is 5.68. The first-order valence-corrected chi connectivity index (χ1v) is 9.60. The van der Waals surface area contributed by atoms with Crippen LogP contribution in [0, 0.1) is 29.1 Å². The third-order valence-electron chi connectivity index (χ3n) is 4.72. The van der Waals surface area contributed by atoms with Crippen LogP contribution in [0.2, 0.25) is 0 Å². The number of anilines is 2. The van der Waals surface area contributed by atoms with Crippen molar-refractivity contribution >= 4 is 11.4 Å². The maximum atomic E-state index is 15.0. The molecule has 0 atom stereocenters. The molecule has 0 aliphatic carbocycles. The number of halogens is 14. The lowest BCUT2D eigenvalue weighted by Gasteiger charge is -2.20. The summed E-state index contributed by atoms with van der Waals surface area (Å²) in [5, 5.41) is 0. The van der Waals surface area contributed by atoms with Crippen LogP contribution < -0.4 is 20.9 Å². The molecule has 0 aliphatic heterocycles. The van der Waals surface area contributed by atoms with Crippen molar-refractivity contribution in [3.8, 4) is 23.0 Å². The van der Waals surface area contributed by atoms with E-state index < -0.39 is 98.7 Å².